The lowest BCUT2D eigenvalue weighted by Gasteiger charge is -2.31. The number of nitrogens with zero attached hydrogens (tertiary/aromatic N) is 4. The Hall–Kier alpha value is -2.25. The second-order valence-corrected chi connectivity index (χ2v) is 7.05. The molecule has 1 atom stereocenters. The molecular formula is C19H27N5O2. The van der Waals surface area contributed by atoms with E-state index in [2.05, 4.69) is 25.3 Å². The molecule has 1 aliphatic rings. The van der Waals surface area contributed by atoms with Gasteiger partial charge in [-0.25, -0.2) is 0 Å². The molecule has 0 spiro atoms. The van der Waals surface area contributed by atoms with E-state index in [1.54, 1.807) is 0 Å². The van der Waals surface area contributed by atoms with Crippen LogP contribution in [0.5, 0.6) is 0 Å². The highest BCUT2D eigenvalue weighted by molar-refractivity contribution is 5.78. The van der Waals surface area contributed by atoms with Gasteiger partial charge in [-0.2, -0.15) is 4.98 Å². The van der Waals surface area contributed by atoms with E-state index in [1.165, 1.54) is 0 Å². The van der Waals surface area contributed by atoms with E-state index in [9.17, 15) is 4.79 Å². The molecule has 1 N–H and O–H groups in total. The highest BCUT2D eigenvalue weighted by Gasteiger charge is 2.26. The quantitative estimate of drug-likeness (QED) is 0.812. The Kier molecular flexibility index (Phi) is 6.35. The Morgan fingerprint density at radius 2 is 2.15 bits per heavy atom. The normalized spacial score (nSPS) is 18.2. The largest absolute Gasteiger partial charge is 0.355 e. The molecule has 0 saturated carbocycles. The Balaban J connectivity index is 1.52. The SMILES string of the molecule is CN(C)CCNC(=O)C1CCCN(Cc2nc(-c3ccccc3)no2)C1. The predicted octanol–water partition coefficient (Wildman–Crippen LogP) is 1.63. The average molecular weight is 357 g/mol. The Bertz CT molecular complexity index is 701. The average Bonchev–Trinajstić information content (AvgIpc) is 3.11. The van der Waals surface area contributed by atoms with Gasteiger partial charge in [-0.05, 0) is 33.5 Å². The van der Waals surface area contributed by atoms with Crippen LogP contribution in [0.15, 0.2) is 34.9 Å². The van der Waals surface area contributed by atoms with Crippen molar-refractivity contribution >= 4 is 5.91 Å². The number of benzene rings is 1. The molecule has 7 heteroatoms. The molecule has 1 saturated heterocycles. The maximum Gasteiger partial charge on any atom is 0.241 e. The summed E-state index contributed by atoms with van der Waals surface area (Å²) in [4.78, 5) is 21.1. The number of rotatable bonds is 7. The van der Waals surface area contributed by atoms with Crippen LogP contribution in [-0.4, -0.2) is 66.1 Å². The standard InChI is InChI=1S/C19H27N5O2/c1-23(2)12-10-20-19(25)16-9-6-11-24(13-16)14-17-21-18(22-26-17)15-7-4-3-5-8-15/h3-5,7-8,16H,6,9-14H2,1-2H3,(H,20,25). The molecule has 1 amide bonds. The molecule has 0 bridgehead atoms. The highest BCUT2D eigenvalue weighted by atomic mass is 16.5. The van der Waals surface area contributed by atoms with Crippen molar-refractivity contribution in [3.8, 4) is 11.4 Å². The van der Waals surface area contributed by atoms with Gasteiger partial charge in [0.2, 0.25) is 17.6 Å². The summed E-state index contributed by atoms with van der Waals surface area (Å²) in [5, 5.41) is 7.10. The second-order valence-electron chi connectivity index (χ2n) is 7.05. The number of likely N-dealkylation sites (N-methyl/N-ethyl adjacent to an activating group) is 1. The van der Waals surface area contributed by atoms with Crippen LogP contribution < -0.4 is 5.32 Å². The van der Waals surface area contributed by atoms with Gasteiger partial charge in [-0.1, -0.05) is 35.5 Å². The number of aromatic nitrogens is 2. The summed E-state index contributed by atoms with van der Waals surface area (Å²) in [6.07, 6.45) is 1.94. The minimum Gasteiger partial charge on any atom is -0.355 e. The minimum atomic E-state index is 0.0300. The van der Waals surface area contributed by atoms with Gasteiger partial charge in [0.1, 0.15) is 0 Å². The molecule has 2 heterocycles. The number of hydrogen-bond acceptors (Lipinski definition) is 6. The van der Waals surface area contributed by atoms with Gasteiger partial charge in [0.15, 0.2) is 0 Å². The number of nitrogens with one attached hydrogen (secondary N) is 1. The summed E-state index contributed by atoms with van der Waals surface area (Å²) in [6.45, 7) is 3.81. The monoisotopic (exact) mass is 357 g/mol. The zero-order chi connectivity index (χ0) is 18.4. The lowest BCUT2D eigenvalue weighted by Crippen LogP contribution is -2.44. The molecule has 140 valence electrons. The van der Waals surface area contributed by atoms with Crippen molar-refractivity contribution in [2.45, 2.75) is 19.4 Å². The summed E-state index contributed by atoms with van der Waals surface area (Å²) < 4.78 is 5.40. The molecule has 3 rings (SSSR count). The van der Waals surface area contributed by atoms with Gasteiger partial charge in [0.25, 0.3) is 0 Å². The first-order valence-electron chi connectivity index (χ1n) is 9.14. The zero-order valence-corrected chi connectivity index (χ0v) is 15.5. The molecular weight excluding hydrogens is 330 g/mol. The van der Waals surface area contributed by atoms with Gasteiger partial charge in [0, 0.05) is 25.2 Å². The van der Waals surface area contributed by atoms with Crippen molar-refractivity contribution in [2.75, 3.05) is 40.3 Å². The number of carbonyl (C=O) groups is 1. The van der Waals surface area contributed by atoms with Crippen LogP contribution in [0.2, 0.25) is 0 Å². The van der Waals surface area contributed by atoms with E-state index >= 15 is 0 Å². The molecule has 1 aromatic heterocycles. The van der Waals surface area contributed by atoms with Crippen molar-refractivity contribution in [1.29, 1.82) is 0 Å². The van der Waals surface area contributed by atoms with Crippen LogP contribution in [0, 0.1) is 5.92 Å². The highest BCUT2D eigenvalue weighted by Crippen LogP contribution is 2.20. The summed E-state index contributed by atoms with van der Waals surface area (Å²) in [5.41, 5.74) is 0.944. The fraction of sp³-hybridized carbons (Fsp3) is 0.526. The molecule has 26 heavy (non-hydrogen) atoms. The van der Waals surface area contributed by atoms with Crippen LogP contribution in [-0.2, 0) is 11.3 Å². The Labute approximate surface area is 154 Å². The number of amides is 1. The number of carbonyl (C=O) groups excluding carboxylic acids is 1. The molecule has 1 unspecified atom stereocenters. The number of piperidine rings is 1. The zero-order valence-electron chi connectivity index (χ0n) is 15.5. The lowest BCUT2D eigenvalue weighted by molar-refractivity contribution is -0.126. The first kappa shape index (κ1) is 18.5. The second kappa shape index (κ2) is 8.91. The lowest BCUT2D eigenvalue weighted by atomic mass is 9.97. The topological polar surface area (TPSA) is 74.5 Å². The van der Waals surface area contributed by atoms with E-state index in [0.717, 1.165) is 38.0 Å². The first-order valence-corrected chi connectivity index (χ1v) is 9.14. The third-order valence-electron chi connectivity index (χ3n) is 4.59. The van der Waals surface area contributed by atoms with Gasteiger partial charge in [-0.15, -0.1) is 0 Å². The third kappa shape index (κ3) is 5.12. The van der Waals surface area contributed by atoms with Crippen LogP contribution in [0.4, 0.5) is 0 Å². The summed E-state index contributed by atoms with van der Waals surface area (Å²) in [7, 11) is 4.01. The Morgan fingerprint density at radius 3 is 2.92 bits per heavy atom. The van der Waals surface area contributed by atoms with Crippen molar-refractivity contribution in [1.82, 2.24) is 25.3 Å². The summed E-state index contributed by atoms with van der Waals surface area (Å²) in [6, 6.07) is 9.79. The van der Waals surface area contributed by atoms with Gasteiger partial charge >= 0.3 is 0 Å². The smallest absolute Gasteiger partial charge is 0.241 e. The van der Waals surface area contributed by atoms with Gasteiger partial charge < -0.3 is 14.7 Å². The van der Waals surface area contributed by atoms with E-state index < -0.39 is 0 Å². The summed E-state index contributed by atoms with van der Waals surface area (Å²) >= 11 is 0. The molecule has 0 radical (unpaired) electrons. The first-order chi connectivity index (χ1) is 12.6. The maximum atomic E-state index is 12.4. The van der Waals surface area contributed by atoms with Crippen LogP contribution in [0.1, 0.15) is 18.7 Å². The number of likely N-dealkylation sites (tertiary alicyclic amines) is 1. The molecule has 2 aromatic rings. The molecule has 1 fully saturated rings. The van der Waals surface area contributed by atoms with Crippen molar-refractivity contribution < 1.29 is 9.32 Å². The van der Waals surface area contributed by atoms with Crippen molar-refractivity contribution in [2.24, 2.45) is 5.92 Å². The molecule has 1 aromatic carbocycles. The minimum absolute atomic E-state index is 0.0300. The van der Waals surface area contributed by atoms with Crippen LogP contribution in [0.25, 0.3) is 11.4 Å². The summed E-state index contributed by atoms with van der Waals surface area (Å²) in [5.74, 6) is 1.38. The van der Waals surface area contributed by atoms with Crippen molar-refractivity contribution in [3.05, 3.63) is 36.2 Å². The predicted molar refractivity (Wildman–Crippen MR) is 99.3 cm³/mol. The van der Waals surface area contributed by atoms with Crippen molar-refractivity contribution in [3.63, 3.8) is 0 Å². The third-order valence-corrected chi connectivity index (χ3v) is 4.59. The molecule has 0 aliphatic carbocycles. The Morgan fingerprint density at radius 1 is 1.35 bits per heavy atom. The molecule has 7 nitrogen and oxygen atoms in total. The van der Waals surface area contributed by atoms with E-state index in [-0.39, 0.29) is 11.8 Å². The van der Waals surface area contributed by atoms with Gasteiger partial charge in [0.05, 0.1) is 12.5 Å². The number of hydrogen-bond donors (Lipinski definition) is 1. The maximum absolute atomic E-state index is 12.4. The van der Waals surface area contributed by atoms with E-state index in [0.29, 0.717) is 24.8 Å². The molecule has 1 aliphatic heterocycles. The van der Waals surface area contributed by atoms with Crippen LogP contribution >= 0.6 is 0 Å². The van der Waals surface area contributed by atoms with E-state index in [4.69, 9.17) is 4.52 Å². The van der Waals surface area contributed by atoms with Crippen LogP contribution in [0.3, 0.4) is 0 Å². The van der Waals surface area contributed by atoms with E-state index in [1.807, 2.05) is 44.4 Å². The van der Waals surface area contributed by atoms with Gasteiger partial charge in [-0.3, -0.25) is 9.69 Å². The fourth-order valence-electron chi connectivity index (χ4n) is 3.18. The fourth-order valence-corrected chi connectivity index (χ4v) is 3.18.